The molecule has 0 spiro atoms. The van der Waals surface area contributed by atoms with Gasteiger partial charge in [-0.05, 0) is 73.5 Å². The van der Waals surface area contributed by atoms with Crippen LogP contribution in [0, 0.1) is 4.91 Å². The standard InChI is InChI=1S/C26H25N5O2/c1-27-14-15-33-21-6-2-18(3-7-21)26-29-24(17-10-12-28-13-11-17)25(30-26)20-4-8-22-19(16-20)5-9-23(22)31-32/h2-4,6-8,10-13,16,23,27H,5,9,14-15H2,1H3,(H,29,30). The molecule has 0 saturated carbocycles. The molecule has 1 aliphatic rings. The molecule has 2 N–H and O–H groups in total. The number of rotatable bonds is 8. The summed E-state index contributed by atoms with van der Waals surface area (Å²) in [4.78, 5) is 23.8. The SMILES string of the molecule is CNCCOc1ccc(-c2nc(-c3ccc4c(c3)CCC4N=O)c(-c3ccncc3)[nH]2)cc1. The van der Waals surface area contributed by atoms with Gasteiger partial charge in [-0.3, -0.25) is 4.98 Å². The average Bonchev–Trinajstić information content (AvgIpc) is 3.49. The third kappa shape index (κ3) is 4.27. The predicted molar refractivity (Wildman–Crippen MR) is 129 cm³/mol. The van der Waals surface area contributed by atoms with E-state index in [1.807, 2.05) is 55.6 Å². The number of aromatic nitrogens is 3. The highest BCUT2D eigenvalue weighted by molar-refractivity contribution is 5.81. The van der Waals surface area contributed by atoms with Crippen molar-refractivity contribution < 1.29 is 4.74 Å². The largest absolute Gasteiger partial charge is 0.492 e. The van der Waals surface area contributed by atoms with Crippen LogP contribution in [0.5, 0.6) is 5.75 Å². The molecule has 1 aliphatic carbocycles. The molecule has 7 nitrogen and oxygen atoms in total. The van der Waals surface area contributed by atoms with Gasteiger partial charge in [-0.25, -0.2) is 4.98 Å². The maximum Gasteiger partial charge on any atom is 0.138 e. The summed E-state index contributed by atoms with van der Waals surface area (Å²) in [6, 6.07) is 17.8. The lowest BCUT2D eigenvalue weighted by Crippen LogP contribution is -2.15. The summed E-state index contributed by atoms with van der Waals surface area (Å²) in [5, 5.41) is 6.35. The Balaban J connectivity index is 1.52. The van der Waals surface area contributed by atoms with Crippen LogP contribution in [0.2, 0.25) is 0 Å². The Hall–Kier alpha value is -3.84. The molecule has 0 amide bonds. The second-order valence-corrected chi connectivity index (χ2v) is 8.09. The number of hydrogen-bond acceptors (Lipinski definition) is 6. The van der Waals surface area contributed by atoms with E-state index >= 15 is 0 Å². The van der Waals surface area contributed by atoms with E-state index in [0.29, 0.717) is 6.61 Å². The Kier molecular flexibility index (Phi) is 5.95. The minimum atomic E-state index is -0.239. The molecule has 4 aromatic rings. The third-order valence-electron chi connectivity index (χ3n) is 6.01. The zero-order valence-corrected chi connectivity index (χ0v) is 18.4. The number of imidazole rings is 1. The number of nitrogens with one attached hydrogen (secondary N) is 2. The van der Waals surface area contributed by atoms with Crippen LogP contribution < -0.4 is 10.1 Å². The van der Waals surface area contributed by atoms with Gasteiger partial charge < -0.3 is 15.0 Å². The predicted octanol–water partition coefficient (Wildman–Crippen LogP) is 5.16. The number of hydrogen-bond donors (Lipinski definition) is 2. The number of aromatic amines is 1. The van der Waals surface area contributed by atoms with Crippen molar-refractivity contribution in [3.05, 3.63) is 83.0 Å². The average molecular weight is 440 g/mol. The van der Waals surface area contributed by atoms with E-state index < -0.39 is 0 Å². The minimum absolute atomic E-state index is 0.239. The molecule has 0 saturated heterocycles. The van der Waals surface area contributed by atoms with Crippen LogP contribution in [0.25, 0.3) is 33.9 Å². The molecule has 2 aromatic heterocycles. The van der Waals surface area contributed by atoms with Crippen molar-refractivity contribution >= 4 is 0 Å². The number of benzene rings is 2. The van der Waals surface area contributed by atoms with Gasteiger partial charge in [0.15, 0.2) is 0 Å². The van der Waals surface area contributed by atoms with E-state index in [2.05, 4.69) is 26.5 Å². The Bertz CT molecular complexity index is 1250. The highest BCUT2D eigenvalue weighted by Crippen LogP contribution is 2.39. The van der Waals surface area contributed by atoms with Gasteiger partial charge in [-0.2, -0.15) is 4.91 Å². The molecule has 0 fully saturated rings. The van der Waals surface area contributed by atoms with Gasteiger partial charge in [-0.1, -0.05) is 17.3 Å². The Morgan fingerprint density at radius 3 is 2.61 bits per heavy atom. The Morgan fingerprint density at radius 1 is 1.06 bits per heavy atom. The summed E-state index contributed by atoms with van der Waals surface area (Å²) < 4.78 is 5.74. The van der Waals surface area contributed by atoms with Crippen molar-refractivity contribution in [2.45, 2.75) is 18.9 Å². The van der Waals surface area contributed by atoms with E-state index in [9.17, 15) is 4.91 Å². The first-order valence-corrected chi connectivity index (χ1v) is 11.1. The lowest BCUT2D eigenvalue weighted by atomic mass is 10.0. The molecule has 2 heterocycles. The molecule has 1 atom stereocenters. The summed E-state index contributed by atoms with van der Waals surface area (Å²) >= 11 is 0. The number of ether oxygens (including phenoxy) is 1. The van der Waals surface area contributed by atoms with Gasteiger partial charge in [0.05, 0.1) is 11.4 Å². The van der Waals surface area contributed by atoms with Crippen LogP contribution >= 0.6 is 0 Å². The topological polar surface area (TPSA) is 92.3 Å². The number of fused-ring (bicyclic) bond motifs is 1. The van der Waals surface area contributed by atoms with Crippen molar-refractivity contribution in [2.24, 2.45) is 5.18 Å². The fourth-order valence-corrected chi connectivity index (χ4v) is 4.28. The second-order valence-electron chi connectivity index (χ2n) is 8.09. The van der Waals surface area contributed by atoms with Crippen molar-refractivity contribution in [2.75, 3.05) is 20.2 Å². The van der Waals surface area contributed by atoms with Crippen LogP contribution in [0.15, 0.2) is 72.2 Å². The molecule has 5 rings (SSSR count). The van der Waals surface area contributed by atoms with E-state index in [1.165, 1.54) is 5.56 Å². The van der Waals surface area contributed by atoms with E-state index in [1.54, 1.807) is 12.4 Å². The quantitative estimate of drug-likeness (QED) is 0.292. The van der Waals surface area contributed by atoms with Gasteiger partial charge in [0.25, 0.3) is 0 Å². The van der Waals surface area contributed by atoms with Crippen LogP contribution in [0.3, 0.4) is 0 Å². The number of pyridine rings is 1. The van der Waals surface area contributed by atoms with Gasteiger partial charge >= 0.3 is 0 Å². The van der Waals surface area contributed by atoms with Gasteiger partial charge in [0, 0.05) is 35.6 Å². The number of nitrogens with zero attached hydrogens (tertiary/aromatic N) is 3. The zero-order chi connectivity index (χ0) is 22.6. The van der Waals surface area contributed by atoms with Gasteiger partial charge in [0.1, 0.15) is 24.2 Å². The molecule has 0 bridgehead atoms. The first-order chi connectivity index (χ1) is 16.3. The molecule has 166 valence electrons. The maximum atomic E-state index is 11.1. The number of likely N-dealkylation sites (N-methyl/N-ethyl adjacent to an activating group) is 1. The van der Waals surface area contributed by atoms with Crippen molar-refractivity contribution in [1.82, 2.24) is 20.3 Å². The molecule has 0 radical (unpaired) electrons. The van der Waals surface area contributed by atoms with Crippen LogP contribution in [0.4, 0.5) is 0 Å². The molecule has 2 aromatic carbocycles. The van der Waals surface area contributed by atoms with E-state index in [-0.39, 0.29) is 6.04 Å². The number of nitroso groups, excluding NO2 is 1. The van der Waals surface area contributed by atoms with E-state index in [0.717, 1.165) is 64.6 Å². The summed E-state index contributed by atoms with van der Waals surface area (Å²) in [7, 11) is 1.90. The molecule has 0 aliphatic heterocycles. The lowest BCUT2D eigenvalue weighted by Gasteiger charge is -2.07. The molecular weight excluding hydrogens is 414 g/mol. The van der Waals surface area contributed by atoms with Crippen LogP contribution in [-0.4, -0.2) is 35.2 Å². The summed E-state index contributed by atoms with van der Waals surface area (Å²) in [6.07, 6.45) is 5.18. The molecule has 33 heavy (non-hydrogen) atoms. The fraction of sp³-hybridized carbons (Fsp3) is 0.231. The van der Waals surface area contributed by atoms with Crippen molar-refractivity contribution in [1.29, 1.82) is 0 Å². The monoisotopic (exact) mass is 439 g/mol. The van der Waals surface area contributed by atoms with Crippen molar-refractivity contribution in [3.63, 3.8) is 0 Å². The molecule has 1 unspecified atom stereocenters. The summed E-state index contributed by atoms with van der Waals surface area (Å²) in [5.74, 6) is 1.61. The van der Waals surface area contributed by atoms with Crippen LogP contribution in [0.1, 0.15) is 23.6 Å². The maximum absolute atomic E-state index is 11.1. The third-order valence-corrected chi connectivity index (χ3v) is 6.01. The normalized spacial score (nSPS) is 14.8. The fourth-order valence-electron chi connectivity index (χ4n) is 4.28. The minimum Gasteiger partial charge on any atom is -0.492 e. The Labute approximate surface area is 192 Å². The smallest absolute Gasteiger partial charge is 0.138 e. The number of aryl methyl sites for hydroxylation is 1. The summed E-state index contributed by atoms with van der Waals surface area (Å²) in [5.41, 5.74) is 7.01. The van der Waals surface area contributed by atoms with Gasteiger partial charge in [0.2, 0.25) is 0 Å². The zero-order valence-electron chi connectivity index (χ0n) is 18.4. The van der Waals surface area contributed by atoms with Crippen molar-refractivity contribution in [3.8, 4) is 39.7 Å². The second kappa shape index (κ2) is 9.34. The first-order valence-electron chi connectivity index (χ1n) is 11.1. The number of H-pyrrole nitrogens is 1. The Morgan fingerprint density at radius 2 is 1.85 bits per heavy atom. The highest BCUT2D eigenvalue weighted by Gasteiger charge is 2.24. The lowest BCUT2D eigenvalue weighted by molar-refractivity contribution is 0.318. The molecular formula is C26H25N5O2. The highest BCUT2D eigenvalue weighted by atomic mass is 16.5. The molecule has 7 heteroatoms. The summed E-state index contributed by atoms with van der Waals surface area (Å²) in [6.45, 7) is 1.41. The van der Waals surface area contributed by atoms with Crippen LogP contribution in [-0.2, 0) is 6.42 Å². The van der Waals surface area contributed by atoms with E-state index in [4.69, 9.17) is 9.72 Å². The van der Waals surface area contributed by atoms with Gasteiger partial charge in [-0.15, -0.1) is 0 Å². The first kappa shape index (κ1) is 21.0.